The van der Waals surface area contributed by atoms with Crippen LogP contribution in [0.4, 0.5) is 5.95 Å². The maximum atomic E-state index is 11.4. The van der Waals surface area contributed by atoms with Crippen molar-refractivity contribution in [1.29, 1.82) is 0 Å². The maximum absolute atomic E-state index is 11.4. The molecule has 0 fully saturated rings. The first-order valence-corrected chi connectivity index (χ1v) is 6.35. The van der Waals surface area contributed by atoms with Gasteiger partial charge in [0.05, 0.1) is 13.3 Å². The lowest BCUT2D eigenvalue weighted by Gasteiger charge is -2.01. The van der Waals surface area contributed by atoms with Crippen LogP contribution >= 0.6 is 0 Å². The van der Waals surface area contributed by atoms with Gasteiger partial charge < -0.3 is 15.0 Å². The number of hydrogen-bond donors (Lipinski definition) is 2. The second-order valence-electron chi connectivity index (χ2n) is 4.35. The Hall–Kier alpha value is -2.96. The van der Waals surface area contributed by atoms with Gasteiger partial charge in [0.2, 0.25) is 11.8 Å². The average molecular weight is 283 g/mol. The van der Waals surface area contributed by atoms with Crippen LogP contribution in [-0.4, -0.2) is 33.0 Å². The number of fused-ring (bicyclic) bond motifs is 1. The van der Waals surface area contributed by atoms with Crippen LogP contribution < -0.4 is 5.32 Å². The molecule has 0 amide bonds. The molecule has 2 aromatic heterocycles. The third kappa shape index (κ3) is 2.81. The number of nitrogens with zero attached hydrogens (tertiary/aromatic N) is 3. The lowest BCUT2D eigenvalue weighted by atomic mass is 10.2. The molecule has 2 heterocycles. The molecule has 0 radical (unpaired) electrons. The third-order valence-corrected chi connectivity index (χ3v) is 2.91. The molecule has 0 aliphatic heterocycles. The predicted octanol–water partition coefficient (Wildman–Crippen LogP) is 1.75. The number of carbonyl (C=O) groups is 1. The monoisotopic (exact) mass is 283 g/mol. The Kier molecular flexibility index (Phi) is 3.46. The Bertz CT molecular complexity index is 769. The van der Waals surface area contributed by atoms with Gasteiger partial charge in [0, 0.05) is 6.54 Å². The highest BCUT2D eigenvalue weighted by atomic mass is 16.5. The summed E-state index contributed by atoms with van der Waals surface area (Å²) in [7, 11) is 1.29. The molecule has 2 N–H and O–H groups in total. The molecule has 0 aliphatic rings. The number of anilines is 1. The number of carbonyl (C=O) groups excluding carboxylic acids is 1. The molecule has 7 nitrogen and oxygen atoms in total. The van der Waals surface area contributed by atoms with E-state index in [1.54, 1.807) is 0 Å². The second-order valence-corrected chi connectivity index (χ2v) is 4.35. The zero-order valence-electron chi connectivity index (χ0n) is 11.3. The summed E-state index contributed by atoms with van der Waals surface area (Å²) in [5.41, 5.74) is 2.21. The fourth-order valence-electron chi connectivity index (χ4n) is 1.86. The van der Waals surface area contributed by atoms with Crippen LogP contribution in [0.15, 0.2) is 36.5 Å². The van der Waals surface area contributed by atoms with Gasteiger partial charge in [-0.15, -0.1) is 0 Å². The van der Waals surface area contributed by atoms with Crippen LogP contribution in [0.1, 0.15) is 16.2 Å². The fourth-order valence-corrected chi connectivity index (χ4v) is 1.86. The van der Waals surface area contributed by atoms with Gasteiger partial charge in [-0.05, 0) is 5.56 Å². The van der Waals surface area contributed by atoms with E-state index in [0.29, 0.717) is 23.7 Å². The van der Waals surface area contributed by atoms with E-state index in [1.807, 2.05) is 30.3 Å². The van der Waals surface area contributed by atoms with E-state index in [0.717, 1.165) is 5.56 Å². The van der Waals surface area contributed by atoms with Gasteiger partial charge in [-0.1, -0.05) is 30.3 Å². The summed E-state index contributed by atoms with van der Waals surface area (Å²) in [6.45, 7) is 0.637. The molecule has 0 bridgehead atoms. The SMILES string of the molecule is COC(=O)c1ncc2[nH]c(NCc3ccccc3)nc2n1. The Morgan fingerprint density at radius 2 is 2.10 bits per heavy atom. The summed E-state index contributed by atoms with van der Waals surface area (Å²) in [6, 6.07) is 9.96. The fraction of sp³-hybridized carbons (Fsp3) is 0.143. The van der Waals surface area contributed by atoms with E-state index in [2.05, 4.69) is 30.0 Å². The van der Waals surface area contributed by atoms with Crippen molar-refractivity contribution in [2.45, 2.75) is 6.54 Å². The largest absolute Gasteiger partial charge is 0.463 e. The minimum atomic E-state index is -0.585. The Balaban J connectivity index is 1.79. The molecule has 1 aromatic carbocycles. The van der Waals surface area contributed by atoms with E-state index < -0.39 is 5.97 Å². The normalized spacial score (nSPS) is 10.5. The molecule has 7 heteroatoms. The van der Waals surface area contributed by atoms with E-state index >= 15 is 0 Å². The second kappa shape index (κ2) is 5.58. The molecule has 0 saturated carbocycles. The van der Waals surface area contributed by atoms with Gasteiger partial charge in [0.25, 0.3) is 0 Å². The number of esters is 1. The first-order valence-electron chi connectivity index (χ1n) is 6.35. The average Bonchev–Trinajstić information content (AvgIpc) is 2.95. The van der Waals surface area contributed by atoms with E-state index in [4.69, 9.17) is 0 Å². The summed E-state index contributed by atoms with van der Waals surface area (Å²) in [5, 5.41) is 3.16. The summed E-state index contributed by atoms with van der Waals surface area (Å²) in [4.78, 5) is 26.7. The summed E-state index contributed by atoms with van der Waals surface area (Å²) in [5.74, 6) is -0.0185. The van der Waals surface area contributed by atoms with Crippen molar-refractivity contribution in [2.75, 3.05) is 12.4 Å². The molecule has 21 heavy (non-hydrogen) atoms. The number of benzene rings is 1. The van der Waals surface area contributed by atoms with Crippen LogP contribution in [0.5, 0.6) is 0 Å². The van der Waals surface area contributed by atoms with Gasteiger partial charge in [0.1, 0.15) is 5.52 Å². The molecular formula is C14H13N5O2. The lowest BCUT2D eigenvalue weighted by Crippen LogP contribution is -2.06. The number of aromatic amines is 1. The highest BCUT2D eigenvalue weighted by Crippen LogP contribution is 2.12. The van der Waals surface area contributed by atoms with E-state index in [9.17, 15) is 4.79 Å². The molecule has 0 unspecified atom stereocenters. The molecule has 0 aliphatic carbocycles. The van der Waals surface area contributed by atoms with Crippen LogP contribution in [0.2, 0.25) is 0 Å². The van der Waals surface area contributed by atoms with Gasteiger partial charge in [-0.25, -0.2) is 14.8 Å². The molecule has 0 saturated heterocycles. The van der Waals surface area contributed by atoms with Crippen LogP contribution in [0.3, 0.4) is 0 Å². The first kappa shape index (κ1) is 13.0. The Morgan fingerprint density at radius 1 is 1.29 bits per heavy atom. The predicted molar refractivity (Wildman–Crippen MR) is 76.8 cm³/mol. The van der Waals surface area contributed by atoms with Crippen molar-refractivity contribution in [2.24, 2.45) is 0 Å². The third-order valence-electron chi connectivity index (χ3n) is 2.91. The van der Waals surface area contributed by atoms with Crippen molar-refractivity contribution >= 4 is 23.1 Å². The maximum Gasteiger partial charge on any atom is 0.376 e. The number of hydrogen-bond acceptors (Lipinski definition) is 6. The van der Waals surface area contributed by atoms with Crippen molar-refractivity contribution in [1.82, 2.24) is 19.9 Å². The molecule has 3 rings (SSSR count). The number of aromatic nitrogens is 4. The summed E-state index contributed by atoms with van der Waals surface area (Å²) in [6.07, 6.45) is 1.51. The molecule has 0 spiro atoms. The highest BCUT2D eigenvalue weighted by Gasteiger charge is 2.12. The zero-order valence-corrected chi connectivity index (χ0v) is 11.3. The van der Waals surface area contributed by atoms with Gasteiger partial charge in [-0.2, -0.15) is 4.98 Å². The van der Waals surface area contributed by atoms with Crippen LogP contribution in [0.25, 0.3) is 11.2 Å². The summed E-state index contributed by atoms with van der Waals surface area (Å²) < 4.78 is 4.58. The topological polar surface area (TPSA) is 92.8 Å². The van der Waals surface area contributed by atoms with E-state index in [-0.39, 0.29) is 5.82 Å². The molecular weight excluding hydrogens is 270 g/mol. The number of imidazole rings is 1. The number of rotatable bonds is 4. The minimum absolute atomic E-state index is 0.00823. The first-order chi connectivity index (χ1) is 10.3. The van der Waals surface area contributed by atoms with Crippen molar-refractivity contribution in [3.05, 3.63) is 47.9 Å². The smallest absolute Gasteiger partial charge is 0.376 e. The zero-order chi connectivity index (χ0) is 14.7. The number of H-pyrrole nitrogens is 1. The number of methoxy groups -OCH3 is 1. The highest BCUT2D eigenvalue weighted by molar-refractivity contribution is 5.87. The Morgan fingerprint density at radius 3 is 2.86 bits per heavy atom. The quantitative estimate of drug-likeness (QED) is 0.709. The van der Waals surface area contributed by atoms with Crippen molar-refractivity contribution in [3.8, 4) is 0 Å². The Labute approximate surface area is 120 Å². The molecule has 3 aromatic rings. The number of ether oxygens (including phenoxy) is 1. The minimum Gasteiger partial charge on any atom is -0.463 e. The van der Waals surface area contributed by atoms with Crippen LogP contribution in [-0.2, 0) is 11.3 Å². The van der Waals surface area contributed by atoms with Gasteiger partial charge in [-0.3, -0.25) is 0 Å². The van der Waals surface area contributed by atoms with Crippen molar-refractivity contribution < 1.29 is 9.53 Å². The number of nitrogens with one attached hydrogen (secondary N) is 2. The standard InChI is InChI=1S/C14H13N5O2/c1-21-13(20)12-15-8-10-11(18-12)19-14(17-10)16-7-9-5-3-2-4-6-9/h2-6,8H,7H2,1H3,(H2,15,16,17,18,19). The van der Waals surface area contributed by atoms with Crippen molar-refractivity contribution in [3.63, 3.8) is 0 Å². The summed E-state index contributed by atoms with van der Waals surface area (Å²) >= 11 is 0. The lowest BCUT2D eigenvalue weighted by molar-refractivity contribution is 0.0587. The van der Waals surface area contributed by atoms with Crippen LogP contribution in [0, 0.1) is 0 Å². The van der Waals surface area contributed by atoms with Gasteiger partial charge in [0.15, 0.2) is 5.65 Å². The molecule has 0 atom stereocenters. The van der Waals surface area contributed by atoms with E-state index in [1.165, 1.54) is 13.3 Å². The molecule has 106 valence electrons. The van der Waals surface area contributed by atoms with Gasteiger partial charge >= 0.3 is 5.97 Å².